The maximum Gasteiger partial charge on any atom is 0.134 e. The Morgan fingerprint density at radius 1 is 1.64 bits per heavy atom. The van der Waals surface area contributed by atoms with E-state index >= 15 is 0 Å². The van der Waals surface area contributed by atoms with Gasteiger partial charge in [0.1, 0.15) is 5.75 Å². The lowest BCUT2D eigenvalue weighted by Gasteiger charge is -2.10. The molecular formula is C11H14BrNO. The van der Waals surface area contributed by atoms with E-state index in [9.17, 15) is 5.11 Å². The van der Waals surface area contributed by atoms with Crippen molar-refractivity contribution in [2.75, 3.05) is 0 Å². The highest BCUT2D eigenvalue weighted by Gasteiger charge is 2.04. The Kier molecular flexibility index (Phi) is 4.17. The molecule has 1 aromatic carbocycles. The SMILES string of the molecule is C=CC(C)NCc1cccc(Br)c1O. The summed E-state index contributed by atoms with van der Waals surface area (Å²) in [5.74, 6) is 0.302. The van der Waals surface area contributed by atoms with Crippen LogP contribution in [0, 0.1) is 0 Å². The van der Waals surface area contributed by atoms with Crippen LogP contribution < -0.4 is 5.32 Å². The molecule has 0 fully saturated rings. The van der Waals surface area contributed by atoms with Gasteiger partial charge < -0.3 is 10.4 Å². The van der Waals surface area contributed by atoms with Crippen molar-refractivity contribution >= 4 is 15.9 Å². The lowest BCUT2D eigenvalue weighted by molar-refractivity contribution is 0.459. The zero-order chi connectivity index (χ0) is 10.6. The first-order chi connectivity index (χ1) is 6.65. The molecule has 0 aliphatic heterocycles. The van der Waals surface area contributed by atoms with Crippen LogP contribution in [0.2, 0.25) is 0 Å². The fourth-order valence-corrected chi connectivity index (χ4v) is 1.46. The zero-order valence-electron chi connectivity index (χ0n) is 8.13. The number of nitrogens with one attached hydrogen (secondary N) is 1. The van der Waals surface area contributed by atoms with Gasteiger partial charge in [0.05, 0.1) is 4.47 Å². The number of rotatable bonds is 4. The topological polar surface area (TPSA) is 32.3 Å². The molecule has 0 radical (unpaired) electrons. The highest BCUT2D eigenvalue weighted by Crippen LogP contribution is 2.27. The first kappa shape index (κ1) is 11.3. The summed E-state index contributed by atoms with van der Waals surface area (Å²) in [5.41, 5.74) is 0.882. The number of halogens is 1. The van der Waals surface area contributed by atoms with Crippen molar-refractivity contribution in [1.82, 2.24) is 5.32 Å². The minimum Gasteiger partial charge on any atom is -0.506 e. The average molecular weight is 256 g/mol. The summed E-state index contributed by atoms with van der Waals surface area (Å²) in [5, 5.41) is 12.9. The maximum atomic E-state index is 9.67. The summed E-state index contributed by atoms with van der Waals surface area (Å²) in [6.07, 6.45) is 1.83. The van der Waals surface area contributed by atoms with Crippen molar-refractivity contribution in [2.24, 2.45) is 0 Å². The number of phenolic OH excluding ortho intramolecular Hbond substituents is 1. The Bertz CT molecular complexity index is 325. The normalized spacial score (nSPS) is 12.4. The average Bonchev–Trinajstić information content (AvgIpc) is 2.20. The number of hydrogen-bond acceptors (Lipinski definition) is 2. The molecule has 76 valence electrons. The van der Waals surface area contributed by atoms with Crippen molar-refractivity contribution in [1.29, 1.82) is 0 Å². The second-order valence-electron chi connectivity index (χ2n) is 3.15. The third kappa shape index (κ3) is 2.86. The number of phenols is 1. The van der Waals surface area contributed by atoms with Crippen molar-refractivity contribution < 1.29 is 5.11 Å². The predicted molar refractivity (Wildman–Crippen MR) is 62.3 cm³/mol. The molecule has 0 saturated heterocycles. The summed E-state index contributed by atoms with van der Waals surface area (Å²) in [7, 11) is 0. The Balaban J connectivity index is 2.67. The maximum absolute atomic E-state index is 9.67. The molecule has 14 heavy (non-hydrogen) atoms. The standard InChI is InChI=1S/C11H14BrNO/c1-3-8(2)13-7-9-5-4-6-10(12)11(9)14/h3-6,8,13-14H,1,7H2,2H3. The van der Waals surface area contributed by atoms with E-state index in [0.717, 1.165) is 10.0 Å². The number of benzene rings is 1. The van der Waals surface area contributed by atoms with Gasteiger partial charge in [-0.3, -0.25) is 0 Å². The molecule has 0 spiro atoms. The van der Waals surface area contributed by atoms with Gasteiger partial charge in [0, 0.05) is 18.2 Å². The molecule has 0 aromatic heterocycles. The van der Waals surface area contributed by atoms with Crippen LogP contribution >= 0.6 is 15.9 Å². The molecule has 1 rings (SSSR count). The van der Waals surface area contributed by atoms with Crippen molar-refractivity contribution in [3.8, 4) is 5.75 Å². The van der Waals surface area contributed by atoms with E-state index in [1.54, 1.807) is 0 Å². The van der Waals surface area contributed by atoms with Crippen molar-refractivity contribution in [3.63, 3.8) is 0 Å². The van der Waals surface area contributed by atoms with Crippen LogP contribution in [0.15, 0.2) is 35.3 Å². The quantitative estimate of drug-likeness (QED) is 0.812. The van der Waals surface area contributed by atoms with Gasteiger partial charge in [-0.1, -0.05) is 18.2 Å². The molecule has 0 aliphatic carbocycles. The molecule has 0 aliphatic rings. The summed E-state index contributed by atoms with van der Waals surface area (Å²) in [6, 6.07) is 5.85. The van der Waals surface area contributed by atoms with E-state index in [2.05, 4.69) is 27.8 Å². The highest BCUT2D eigenvalue weighted by molar-refractivity contribution is 9.10. The Labute approximate surface area is 92.8 Å². The van der Waals surface area contributed by atoms with Crippen molar-refractivity contribution in [2.45, 2.75) is 19.5 Å². The third-order valence-corrected chi connectivity index (χ3v) is 2.68. The van der Waals surface area contributed by atoms with Crippen LogP contribution in [0.5, 0.6) is 5.75 Å². The minimum absolute atomic E-state index is 0.244. The van der Waals surface area contributed by atoms with Crippen LogP contribution in [0.3, 0.4) is 0 Å². The number of hydrogen-bond donors (Lipinski definition) is 2. The molecule has 1 aromatic rings. The molecule has 0 heterocycles. The van der Waals surface area contributed by atoms with Gasteiger partial charge >= 0.3 is 0 Å². The van der Waals surface area contributed by atoms with Crippen LogP contribution in [0.4, 0.5) is 0 Å². The largest absolute Gasteiger partial charge is 0.506 e. The molecule has 2 N–H and O–H groups in total. The second-order valence-corrected chi connectivity index (χ2v) is 4.01. The molecule has 1 atom stereocenters. The second kappa shape index (κ2) is 5.17. The zero-order valence-corrected chi connectivity index (χ0v) is 9.71. The fourth-order valence-electron chi connectivity index (χ4n) is 1.06. The molecule has 3 heteroatoms. The van der Waals surface area contributed by atoms with E-state index < -0.39 is 0 Å². The summed E-state index contributed by atoms with van der Waals surface area (Å²) in [4.78, 5) is 0. The molecule has 0 bridgehead atoms. The third-order valence-electron chi connectivity index (χ3n) is 2.04. The van der Waals surface area contributed by atoms with Gasteiger partial charge in [-0.2, -0.15) is 0 Å². The van der Waals surface area contributed by atoms with E-state index in [1.807, 2.05) is 31.2 Å². The molecule has 0 saturated carbocycles. The van der Waals surface area contributed by atoms with E-state index in [4.69, 9.17) is 0 Å². The Morgan fingerprint density at radius 2 is 2.36 bits per heavy atom. The van der Waals surface area contributed by atoms with E-state index in [1.165, 1.54) is 0 Å². The first-order valence-electron chi connectivity index (χ1n) is 4.47. The minimum atomic E-state index is 0.244. The summed E-state index contributed by atoms with van der Waals surface area (Å²) >= 11 is 3.27. The fraction of sp³-hybridized carbons (Fsp3) is 0.273. The van der Waals surface area contributed by atoms with Crippen LogP contribution in [-0.4, -0.2) is 11.1 Å². The summed E-state index contributed by atoms with van der Waals surface area (Å²) < 4.78 is 0.725. The molecule has 0 amide bonds. The molecule has 1 unspecified atom stereocenters. The van der Waals surface area contributed by atoms with Crippen LogP contribution in [0.25, 0.3) is 0 Å². The van der Waals surface area contributed by atoms with Gasteiger partial charge in [0.15, 0.2) is 0 Å². The predicted octanol–water partition coefficient (Wildman–Crippen LogP) is 2.82. The van der Waals surface area contributed by atoms with Gasteiger partial charge in [-0.25, -0.2) is 0 Å². The smallest absolute Gasteiger partial charge is 0.134 e. The Hall–Kier alpha value is -0.800. The van der Waals surface area contributed by atoms with Gasteiger partial charge in [0.2, 0.25) is 0 Å². The monoisotopic (exact) mass is 255 g/mol. The molecule has 2 nitrogen and oxygen atoms in total. The van der Waals surface area contributed by atoms with Gasteiger partial charge in [-0.15, -0.1) is 6.58 Å². The molecular weight excluding hydrogens is 242 g/mol. The van der Waals surface area contributed by atoms with Crippen LogP contribution in [0.1, 0.15) is 12.5 Å². The van der Waals surface area contributed by atoms with Gasteiger partial charge in [-0.05, 0) is 28.9 Å². The highest BCUT2D eigenvalue weighted by atomic mass is 79.9. The van der Waals surface area contributed by atoms with E-state index in [0.29, 0.717) is 12.3 Å². The van der Waals surface area contributed by atoms with Crippen LogP contribution in [-0.2, 0) is 6.54 Å². The number of para-hydroxylation sites is 1. The summed E-state index contributed by atoms with van der Waals surface area (Å²) in [6.45, 7) is 6.33. The van der Waals surface area contributed by atoms with E-state index in [-0.39, 0.29) is 6.04 Å². The lowest BCUT2D eigenvalue weighted by Crippen LogP contribution is -2.22. The number of aromatic hydroxyl groups is 1. The Morgan fingerprint density at radius 3 is 3.00 bits per heavy atom. The van der Waals surface area contributed by atoms with Crippen molar-refractivity contribution in [3.05, 3.63) is 40.9 Å². The lowest BCUT2D eigenvalue weighted by atomic mass is 10.2. The van der Waals surface area contributed by atoms with Gasteiger partial charge in [0.25, 0.3) is 0 Å². The first-order valence-corrected chi connectivity index (χ1v) is 5.26.